The standard InChI is InChI=1S/C21H26N6O/c1-27-8-5-15(6-9-27)14-28-21-25-12-16(13-26-21)11-24-18-2-3-19-17(10-18)4-7-23-20(19)22/h2-4,7,10,12-13,15,24H,5-6,8-9,11,14H2,1H3,(H2,22,23). The van der Waals surface area contributed by atoms with Gasteiger partial charge in [-0.05, 0) is 68.5 Å². The molecule has 7 heteroatoms. The number of hydrogen-bond donors (Lipinski definition) is 2. The summed E-state index contributed by atoms with van der Waals surface area (Å²) in [5.74, 6) is 1.14. The fourth-order valence-corrected chi connectivity index (χ4v) is 3.45. The highest BCUT2D eigenvalue weighted by molar-refractivity contribution is 5.92. The van der Waals surface area contributed by atoms with Crippen LogP contribution in [-0.4, -0.2) is 46.6 Å². The molecule has 3 N–H and O–H groups in total. The topological polar surface area (TPSA) is 89.2 Å². The van der Waals surface area contributed by atoms with Crippen LogP contribution < -0.4 is 15.8 Å². The summed E-state index contributed by atoms with van der Waals surface area (Å²) in [6, 6.07) is 8.46. The van der Waals surface area contributed by atoms with Crippen LogP contribution in [0.25, 0.3) is 10.8 Å². The molecule has 1 aliphatic rings. The van der Waals surface area contributed by atoms with E-state index in [2.05, 4.69) is 38.3 Å². The van der Waals surface area contributed by atoms with E-state index in [1.807, 2.05) is 30.6 Å². The van der Waals surface area contributed by atoms with Crippen LogP contribution >= 0.6 is 0 Å². The zero-order chi connectivity index (χ0) is 19.3. The number of pyridine rings is 1. The Bertz CT molecular complexity index is 922. The summed E-state index contributed by atoms with van der Waals surface area (Å²) in [6.45, 7) is 3.61. The number of nitrogens with one attached hydrogen (secondary N) is 1. The molecule has 1 aromatic carbocycles. The van der Waals surface area contributed by atoms with Crippen molar-refractivity contribution in [3.05, 3.63) is 48.4 Å². The van der Waals surface area contributed by atoms with Crippen LogP contribution in [0, 0.1) is 5.92 Å². The van der Waals surface area contributed by atoms with Crippen molar-refractivity contribution in [3.63, 3.8) is 0 Å². The molecule has 0 amide bonds. The lowest BCUT2D eigenvalue weighted by Gasteiger charge is -2.28. The molecule has 146 valence electrons. The number of likely N-dealkylation sites (tertiary alicyclic amines) is 1. The first-order chi connectivity index (χ1) is 13.7. The molecule has 0 aliphatic carbocycles. The minimum atomic E-state index is 0.455. The average molecular weight is 378 g/mol. The third-order valence-corrected chi connectivity index (χ3v) is 5.26. The van der Waals surface area contributed by atoms with Crippen molar-refractivity contribution in [2.24, 2.45) is 5.92 Å². The van der Waals surface area contributed by atoms with E-state index in [9.17, 15) is 0 Å². The first-order valence-corrected chi connectivity index (χ1v) is 9.68. The molecule has 0 saturated carbocycles. The quantitative estimate of drug-likeness (QED) is 0.682. The molecule has 4 rings (SSSR count). The van der Waals surface area contributed by atoms with E-state index in [1.165, 1.54) is 12.8 Å². The smallest absolute Gasteiger partial charge is 0.316 e. The van der Waals surface area contributed by atoms with Crippen molar-refractivity contribution in [3.8, 4) is 6.01 Å². The maximum atomic E-state index is 5.90. The summed E-state index contributed by atoms with van der Waals surface area (Å²) < 4.78 is 5.78. The fraction of sp³-hybridized carbons (Fsp3) is 0.381. The Labute approximate surface area is 165 Å². The molecule has 3 heterocycles. The van der Waals surface area contributed by atoms with Gasteiger partial charge in [-0.1, -0.05) is 0 Å². The maximum Gasteiger partial charge on any atom is 0.316 e. The number of fused-ring (bicyclic) bond motifs is 1. The Morgan fingerprint density at radius 1 is 1.14 bits per heavy atom. The van der Waals surface area contributed by atoms with Gasteiger partial charge in [0.25, 0.3) is 0 Å². The number of hydrogen-bond acceptors (Lipinski definition) is 7. The van der Waals surface area contributed by atoms with Crippen LogP contribution in [0.5, 0.6) is 6.01 Å². The van der Waals surface area contributed by atoms with E-state index in [0.29, 0.717) is 30.9 Å². The van der Waals surface area contributed by atoms with Crippen LogP contribution in [0.4, 0.5) is 11.5 Å². The predicted octanol–water partition coefficient (Wildman–Crippen LogP) is 2.94. The Morgan fingerprint density at radius 2 is 1.93 bits per heavy atom. The number of piperidine rings is 1. The molecule has 0 bridgehead atoms. The second kappa shape index (κ2) is 8.39. The second-order valence-corrected chi connectivity index (χ2v) is 7.42. The zero-order valence-electron chi connectivity index (χ0n) is 16.1. The summed E-state index contributed by atoms with van der Waals surface area (Å²) in [5.41, 5.74) is 7.92. The van der Waals surface area contributed by atoms with Crippen LogP contribution in [-0.2, 0) is 6.54 Å². The van der Waals surface area contributed by atoms with Gasteiger partial charge in [-0.2, -0.15) is 0 Å². The lowest BCUT2D eigenvalue weighted by Crippen LogP contribution is -2.32. The molecule has 0 atom stereocenters. The molecule has 1 saturated heterocycles. The van der Waals surface area contributed by atoms with Gasteiger partial charge >= 0.3 is 6.01 Å². The SMILES string of the molecule is CN1CCC(COc2ncc(CNc3ccc4c(N)nccc4c3)cn2)CC1. The van der Waals surface area contributed by atoms with E-state index in [0.717, 1.165) is 35.1 Å². The molecular formula is C21H26N6O. The lowest BCUT2D eigenvalue weighted by molar-refractivity contribution is 0.153. The number of rotatable bonds is 6. The number of aromatic nitrogens is 3. The van der Waals surface area contributed by atoms with Crippen LogP contribution in [0.1, 0.15) is 18.4 Å². The summed E-state index contributed by atoms with van der Waals surface area (Å²) in [4.78, 5) is 15.2. The van der Waals surface area contributed by atoms with Gasteiger partial charge in [0.15, 0.2) is 0 Å². The van der Waals surface area contributed by atoms with Gasteiger partial charge in [-0.25, -0.2) is 15.0 Å². The first kappa shape index (κ1) is 18.4. The van der Waals surface area contributed by atoms with E-state index < -0.39 is 0 Å². The van der Waals surface area contributed by atoms with Crippen molar-refractivity contribution >= 4 is 22.3 Å². The Morgan fingerprint density at radius 3 is 2.71 bits per heavy atom. The first-order valence-electron chi connectivity index (χ1n) is 9.68. The van der Waals surface area contributed by atoms with Gasteiger partial charge in [0.2, 0.25) is 0 Å². The number of nitrogens with zero attached hydrogens (tertiary/aromatic N) is 4. The fourth-order valence-electron chi connectivity index (χ4n) is 3.45. The molecule has 0 unspecified atom stereocenters. The molecule has 1 fully saturated rings. The highest BCUT2D eigenvalue weighted by Gasteiger charge is 2.17. The minimum absolute atomic E-state index is 0.455. The van der Waals surface area contributed by atoms with Crippen molar-refractivity contribution in [2.45, 2.75) is 19.4 Å². The number of ether oxygens (including phenoxy) is 1. The highest BCUT2D eigenvalue weighted by atomic mass is 16.5. The van der Waals surface area contributed by atoms with E-state index >= 15 is 0 Å². The van der Waals surface area contributed by atoms with Crippen molar-refractivity contribution in [1.29, 1.82) is 0 Å². The highest BCUT2D eigenvalue weighted by Crippen LogP contribution is 2.23. The summed E-state index contributed by atoms with van der Waals surface area (Å²) in [6.07, 6.45) is 7.69. The van der Waals surface area contributed by atoms with Gasteiger partial charge in [-0.3, -0.25) is 0 Å². The second-order valence-electron chi connectivity index (χ2n) is 7.42. The number of nitrogen functional groups attached to an aromatic ring is 1. The number of benzene rings is 1. The number of anilines is 2. The summed E-state index contributed by atoms with van der Waals surface area (Å²) in [5, 5.41) is 5.42. The zero-order valence-corrected chi connectivity index (χ0v) is 16.1. The molecule has 28 heavy (non-hydrogen) atoms. The van der Waals surface area contributed by atoms with Crippen molar-refractivity contribution in [2.75, 3.05) is 37.8 Å². The van der Waals surface area contributed by atoms with Crippen LogP contribution in [0.2, 0.25) is 0 Å². The van der Waals surface area contributed by atoms with Gasteiger partial charge < -0.3 is 20.7 Å². The largest absolute Gasteiger partial charge is 0.463 e. The Balaban J connectivity index is 1.30. The Kier molecular flexibility index (Phi) is 5.53. The van der Waals surface area contributed by atoms with Crippen LogP contribution in [0.15, 0.2) is 42.9 Å². The minimum Gasteiger partial charge on any atom is -0.463 e. The van der Waals surface area contributed by atoms with E-state index in [4.69, 9.17) is 10.5 Å². The summed E-state index contributed by atoms with van der Waals surface area (Å²) >= 11 is 0. The van der Waals surface area contributed by atoms with E-state index in [1.54, 1.807) is 6.20 Å². The molecule has 3 aromatic rings. The van der Waals surface area contributed by atoms with Gasteiger partial charge in [0, 0.05) is 41.8 Å². The normalized spacial score (nSPS) is 15.6. The Hall–Kier alpha value is -2.93. The van der Waals surface area contributed by atoms with Gasteiger partial charge in [0.1, 0.15) is 5.82 Å². The third kappa shape index (κ3) is 4.48. The monoisotopic (exact) mass is 378 g/mol. The average Bonchev–Trinajstić information content (AvgIpc) is 2.73. The lowest BCUT2D eigenvalue weighted by atomic mass is 9.98. The third-order valence-electron chi connectivity index (χ3n) is 5.26. The maximum absolute atomic E-state index is 5.90. The molecule has 0 radical (unpaired) electrons. The molecule has 1 aliphatic heterocycles. The van der Waals surface area contributed by atoms with Gasteiger partial charge in [0.05, 0.1) is 6.61 Å². The predicted molar refractivity (Wildman–Crippen MR) is 111 cm³/mol. The van der Waals surface area contributed by atoms with E-state index in [-0.39, 0.29) is 0 Å². The molecule has 7 nitrogen and oxygen atoms in total. The van der Waals surface area contributed by atoms with Crippen molar-refractivity contribution < 1.29 is 4.74 Å². The van der Waals surface area contributed by atoms with Crippen LogP contribution in [0.3, 0.4) is 0 Å². The van der Waals surface area contributed by atoms with Crippen molar-refractivity contribution in [1.82, 2.24) is 19.9 Å². The van der Waals surface area contributed by atoms with Gasteiger partial charge in [-0.15, -0.1) is 0 Å². The molecule has 0 spiro atoms. The molecule has 2 aromatic heterocycles. The molecular weight excluding hydrogens is 352 g/mol. The number of nitrogens with two attached hydrogens (primary N) is 1. The summed E-state index contributed by atoms with van der Waals surface area (Å²) in [7, 11) is 2.16.